The normalized spacial score (nSPS) is 11.2. The first-order chi connectivity index (χ1) is 14.9. The Bertz CT molecular complexity index is 1270. The Morgan fingerprint density at radius 3 is 2.56 bits per heavy atom. The van der Waals surface area contributed by atoms with E-state index in [-0.39, 0.29) is 5.56 Å². The average Bonchev–Trinajstić information content (AvgIpc) is 2.70. The van der Waals surface area contributed by atoms with Gasteiger partial charge in [-0.3, -0.25) is 34.0 Å². The number of nitro benzene ring substituents is 1. The number of hydrogen-bond acceptors (Lipinski definition) is 8. The van der Waals surface area contributed by atoms with Crippen LogP contribution in [-0.4, -0.2) is 64.4 Å². The molecule has 0 radical (unpaired) electrons. The number of aromatic nitrogens is 2. The molecule has 3 N–H and O–H groups in total. The van der Waals surface area contributed by atoms with Crippen molar-refractivity contribution in [2.45, 2.75) is 18.4 Å². The van der Waals surface area contributed by atoms with Crippen molar-refractivity contribution in [3.63, 3.8) is 0 Å². The predicted molar refractivity (Wildman–Crippen MR) is 109 cm³/mol. The number of aromatic amines is 1. The van der Waals surface area contributed by atoms with E-state index >= 15 is 0 Å². The molecule has 0 unspecified atom stereocenters. The van der Waals surface area contributed by atoms with E-state index in [0.29, 0.717) is 0 Å². The predicted octanol–water partition coefficient (Wildman–Crippen LogP) is -1.36. The van der Waals surface area contributed by atoms with Gasteiger partial charge in [0, 0.05) is 30.9 Å². The van der Waals surface area contributed by atoms with Crippen LogP contribution in [0.2, 0.25) is 0 Å². The highest BCUT2D eigenvalue weighted by molar-refractivity contribution is 7.89. The summed E-state index contributed by atoms with van der Waals surface area (Å²) in [6.07, 6.45) is 1.13. The largest absolute Gasteiger partial charge is 0.480 e. The summed E-state index contributed by atoms with van der Waals surface area (Å²) in [6, 6.07) is 4.64. The van der Waals surface area contributed by atoms with Crippen molar-refractivity contribution in [2.75, 3.05) is 19.6 Å². The van der Waals surface area contributed by atoms with Gasteiger partial charge in [0.15, 0.2) is 4.90 Å². The van der Waals surface area contributed by atoms with Gasteiger partial charge in [0.05, 0.1) is 4.92 Å². The lowest BCUT2D eigenvalue weighted by molar-refractivity contribution is -0.387. The fraction of sp³-hybridized carbons (Fsp3) is 0.294. The number of benzene rings is 1. The minimum Gasteiger partial charge on any atom is -0.480 e. The van der Waals surface area contributed by atoms with Gasteiger partial charge in [0.1, 0.15) is 13.1 Å². The van der Waals surface area contributed by atoms with Gasteiger partial charge in [-0.1, -0.05) is 12.1 Å². The Morgan fingerprint density at radius 2 is 1.94 bits per heavy atom. The number of para-hydroxylation sites is 1. The second-order valence-electron chi connectivity index (χ2n) is 6.53. The Balaban J connectivity index is 2.15. The van der Waals surface area contributed by atoms with Crippen molar-refractivity contribution in [1.82, 2.24) is 19.2 Å². The van der Waals surface area contributed by atoms with Crippen LogP contribution in [0.5, 0.6) is 0 Å². The van der Waals surface area contributed by atoms with Crippen molar-refractivity contribution >= 4 is 27.6 Å². The summed E-state index contributed by atoms with van der Waals surface area (Å²) in [7, 11) is -4.33. The lowest BCUT2D eigenvalue weighted by atomic mass is 10.3. The summed E-state index contributed by atoms with van der Waals surface area (Å²) in [6.45, 7) is -0.829. The van der Waals surface area contributed by atoms with E-state index in [2.05, 4.69) is 4.72 Å². The van der Waals surface area contributed by atoms with Gasteiger partial charge in [0.25, 0.3) is 11.2 Å². The number of aryl methyl sites for hydroxylation is 1. The standard InChI is InChI=1S/C17H19N5O9S/c1-11-8-21(17(27)19-16(11)26)9-14(23)20(10-15(24)25)7-6-18-32(30,31)13-5-3-2-4-12(13)22(28)29/h2-5,8,18H,6-7,9-10H2,1H3,(H,24,25)(H,19,26,27). The molecule has 172 valence electrons. The van der Waals surface area contributed by atoms with Crippen molar-refractivity contribution < 1.29 is 28.0 Å². The number of sulfonamides is 1. The highest BCUT2D eigenvalue weighted by Gasteiger charge is 2.25. The summed E-state index contributed by atoms with van der Waals surface area (Å²) in [4.78, 5) is 59.3. The van der Waals surface area contributed by atoms with E-state index in [1.54, 1.807) is 0 Å². The molecule has 1 heterocycles. The molecule has 1 aromatic carbocycles. The smallest absolute Gasteiger partial charge is 0.328 e. The van der Waals surface area contributed by atoms with Gasteiger partial charge in [-0.25, -0.2) is 17.9 Å². The molecule has 0 fully saturated rings. The van der Waals surface area contributed by atoms with Crippen LogP contribution in [0.3, 0.4) is 0 Å². The van der Waals surface area contributed by atoms with Crippen LogP contribution in [0.4, 0.5) is 5.69 Å². The third kappa shape index (κ3) is 6.08. The number of hydrogen-bond donors (Lipinski definition) is 3. The minimum atomic E-state index is -4.33. The summed E-state index contributed by atoms with van der Waals surface area (Å²) in [5, 5.41) is 20.1. The van der Waals surface area contributed by atoms with Gasteiger partial charge in [0.2, 0.25) is 15.9 Å². The highest BCUT2D eigenvalue weighted by Crippen LogP contribution is 2.22. The van der Waals surface area contributed by atoms with Crippen LogP contribution >= 0.6 is 0 Å². The molecule has 0 aliphatic carbocycles. The molecule has 1 amide bonds. The number of nitro groups is 1. The molecule has 0 aliphatic rings. The van der Waals surface area contributed by atoms with E-state index in [0.717, 1.165) is 27.8 Å². The molecule has 14 nitrogen and oxygen atoms in total. The minimum absolute atomic E-state index is 0.152. The number of nitrogens with zero attached hydrogens (tertiary/aromatic N) is 3. The maximum atomic E-state index is 12.5. The Labute approximate surface area is 180 Å². The van der Waals surface area contributed by atoms with Crippen LogP contribution in [0, 0.1) is 17.0 Å². The Hall–Kier alpha value is -3.85. The number of H-pyrrole nitrogens is 1. The lowest BCUT2D eigenvalue weighted by Gasteiger charge is -2.21. The zero-order chi connectivity index (χ0) is 24.1. The van der Waals surface area contributed by atoms with Crippen molar-refractivity contribution in [3.05, 3.63) is 67.0 Å². The van der Waals surface area contributed by atoms with E-state index in [1.807, 2.05) is 4.98 Å². The molecule has 0 saturated carbocycles. The van der Waals surface area contributed by atoms with Gasteiger partial charge in [-0.05, 0) is 13.0 Å². The van der Waals surface area contributed by atoms with Crippen molar-refractivity contribution in [2.24, 2.45) is 0 Å². The van der Waals surface area contributed by atoms with Crippen LogP contribution in [0.15, 0.2) is 44.9 Å². The Morgan fingerprint density at radius 1 is 1.28 bits per heavy atom. The maximum Gasteiger partial charge on any atom is 0.328 e. The molecule has 2 rings (SSSR count). The molecule has 2 aromatic rings. The number of amides is 1. The van der Waals surface area contributed by atoms with E-state index < -0.39 is 74.8 Å². The van der Waals surface area contributed by atoms with Crippen molar-refractivity contribution in [3.8, 4) is 0 Å². The van der Waals surface area contributed by atoms with E-state index in [1.165, 1.54) is 19.1 Å². The SMILES string of the molecule is Cc1cn(CC(=O)N(CCNS(=O)(=O)c2ccccc2[N+](=O)[O-])CC(=O)O)c(=O)[nH]c1=O. The number of rotatable bonds is 10. The number of nitrogens with one attached hydrogen (secondary N) is 2. The molecule has 15 heteroatoms. The zero-order valence-electron chi connectivity index (χ0n) is 16.7. The fourth-order valence-electron chi connectivity index (χ4n) is 2.66. The highest BCUT2D eigenvalue weighted by atomic mass is 32.2. The number of carbonyl (C=O) groups excluding carboxylic acids is 1. The van der Waals surface area contributed by atoms with Crippen LogP contribution in [0.25, 0.3) is 0 Å². The number of carboxylic acids is 1. The van der Waals surface area contributed by atoms with E-state index in [4.69, 9.17) is 5.11 Å². The Kier molecular flexibility index (Phi) is 7.61. The third-order valence-electron chi connectivity index (χ3n) is 4.20. The first kappa shape index (κ1) is 24.4. The molecule has 1 aromatic heterocycles. The van der Waals surface area contributed by atoms with Gasteiger partial charge >= 0.3 is 11.7 Å². The average molecular weight is 469 g/mol. The quantitative estimate of drug-likeness (QED) is 0.277. The molecule has 0 atom stereocenters. The monoisotopic (exact) mass is 469 g/mol. The van der Waals surface area contributed by atoms with Gasteiger partial charge in [-0.2, -0.15) is 0 Å². The molecule has 32 heavy (non-hydrogen) atoms. The molecule has 0 bridgehead atoms. The third-order valence-corrected chi connectivity index (χ3v) is 5.71. The summed E-state index contributed by atoms with van der Waals surface area (Å²) in [5.74, 6) is -2.21. The molecule has 0 saturated heterocycles. The van der Waals surface area contributed by atoms with Gasteiger partial charge < -0.3 is 10.0 Å². The number of carbonyl (C=O) groups is 2. The molecule has 0 spiro atoms. The van der Waals surface area contributed by atoms with Gasteiger partial charge in [-0.15, -0.1) is 0 Å². The molecule has 0 aliphatic heterocycles. The second-order valence-corrected chi connectivity index (χ2v) is 8.27. The lowest BCUT2D eigenvalue weighted by Crippen LogP contribution is -2.44. The molecular formula is C17H19N5O9S. The summed E-state index contributed by atoms with van der Waals surface area (Å²) >= 11 is 0. The van der Waals surface area contributed by atoms with E-state index in [9.17, 15) is 37.7 Å². The van der Waals surface area contributed by atoms with Crippen LogP contribution < -0.4 is 16.0 Å². The first-order valence-electron chi connectivity index (χ1n) is 8.95. The summed E-state index contributed by atoms with van der Waals surface area (Å²) in [5.41, 5.74) is -2.00. The second kappa shape index (κ2) is 9.97. The topological polar surface area (TPSA) is 202 Å². The fourth-order valence-corrected chi connectivity index (χ4v) is 3.86. The summed E-state index contributed by atoms with van der Waals surface area (Å²) < 4.78 is 27.8. The number of carboxylic acid groups (broad SMARTS) is 1. The zero-order valence-corrected chi connectivity index (χ0v) is 17.5. The number of aliphatic carboxylic acids is 1. The maximum absolute atomic E-state index is 12.5. The van der Waals surface area contributed by atoms with Crippen LogP contribution in [-0.2, 0) is 26.2 Å². The first-order valence-corrected chi connectivity index (χ1v) is 10.4. The molecular weight excluding hydrogens is 450 g/mol. The van der Waals surface area contributed by atoms with Crippen LogP contribution in [0.1, 0.15) is 5.56 Å². The van der Waals surface area contributed by atoms with Crippen molar-refractivity contribution in [1.29, 1.82) is 0 Å².